The fraction of sp³-hybridized carbons (Fsp3) is 0.0588. The van der Waals surface area contributed by atoms with E-state index < -0.39 is 0 Å². The second-order valence-corrected chi connectivity index (χ2v) is 4.50. The van der Waals surface area contributed by atoms with Crippen LogP contribution in [0, 0.1) is 0 Å². The molecule has 0 saturated heterocycles. The highest BCUT2D eigenvalue weighted by molar-refractivity contribution is 6.31. The minimum atomic E-state index is 0.395. The van der Waals surface area contributed by atoms with Crippen LogP contribution in [0.25, 0.3) is 16.8 Å². The van der Waals surface area contributed by atoms with Gasteiger partial charge in [-0.05, 0) is 18.6 Å². The number of halogens is 1. The van der Waals surface area contributed by atoms with Crippen molar-refractivity contribution in [2.75, 3.05) is 0 Å². The molecule has 0 bridgehead atoms. The highest BCUT2D eigenvalue weighted by atomic mass is 35.5. The summed E-state index contributed by atoms with van der Waals surface area (Å²) in [7, 11) is 0. The van der Waals surface area contributed by atoms with Crippen LogP contribution < -0.4 is 0 Å². The fourth-order valence-electron chi connectivity index (χ4n) is 1.84. The number of allylic oxidation sites excluding steroid dienone is 5. The molecule has 0 aliphatic carbocycles. The van der Waals surface area contributed by atoms with Crippen molar-refractivity contribution in [3.05, 3.63) is 78.0 Å². The van der Waals surface area contributed by atoms with Crippen molar-refractivity contribution >= 4 is 17.2 Å². The molecule has 100 valence electrons. The van der Waals surface area contributed by atoms with Crippen LogP contribution in [0.5, 0.6) is 0 Å². The van der Waals surface area contributed by atoms with Crippen LogP contribution in [0.3, 0.4) is 0 Å². The van der Waals surface area contributed by atoms with Crippen LogP contribution in [-0.2, 0) is 0 Å². The maximum Gasteiger partial charge on any atom is 0.159 e. The Hall–Kier alpha value is -2.19. The second kappa shape index (κ2) is 6.83. The molecule has 0 saturated carbocycles. The Morgan fingerprint density at radius 3 is 2.60 bits per heavy atom. The average Bonchev–Trinajstić information content (AvgIpc) is 2.50. The van der Waals surface area contributed by atoms with E-state index >= 15 is 0 Å². The number of aromatic nitrogens is 2. The van der Waals surface area contributed by atoms with E-state index in [-0.39, 0.29) is 0 Å². The number of hydrogen-bond donors (Lipinski definition) is 0. The Balaban J connectivity index is 2.49. The molecule has 3 heteroatoms. The van der Waals surface area contributed by atoms with E-state index in [2.05, 4.69) is 16.8 Å². The van der Waals surface area contributed by atoms with Crippen molar-refractivity contribution in [1.29, 1.82) is 0 Å². The third-order valence-electron chi connectivity index (χ3n) is 2.85. The molecule has 20 heavy (non-hydrogen) atoms. The SMILES string of the molecule is C=C/C=C\C(=C/C)c1cc(-c2ccccc2)nnc1Cl. The maximum absolute atomic E-state index is 6.16. The molecule has 2 rings (SSSR count). The van der Waals surface area contributed by atoms with Gasteiger partial charge in [0.05, 0.1) is 5.69 Å². The van der Waals surface area contributed by atoms with Crippen LogP contribution >= 0.6 is 11.6 Å². The summed E-state index contributed by atoms with van der Waals surface area (Å²) < 4.78 is 0. The molecule has 2 aromatic rings. The summed E-state index contributed by atoms with van der Waals surface area (Å²) >= 11 is 6.16. The van der Waals surface area contributed by atoms with Crippen LogP contribution in [0.4, 0.5) is 0 Å². The first kappa shape index (κ1) is 14.2. The van der Waals surface area contributed by atoms with E-state index in [1.807, 2.05) is 61.5 Å². The van der Waals surface area contributed by atoms with Gasteiger partial charge in [-0.15, -0.1) is 10.2 Å². The van der Waals surface area contributed by atoms with Gasteiger partial charge < -0.3 is 0 Å². The lowest BCUT2D eigenvalue weighted by Gasteiger charge is -2.07. The van der Waals surface area contributed by atoms with Crippen LogP contribution in [0.15, 0.2) is 67.3 Å². The zero-order chi connectivity index (χ0) is 14.4. The normalized spacial score (nSPS) is 11.8. The quantitative estimate of drug-likeness (QED) is 0.742. The second-order valence-electron chi connectivity index (χ2n) is 4.14. The number of nitrogens with zero attached hydrogens (tertiary/aromatic N) is 2. The van der Waals surface area contributed by atoms with Crippen LogP contribution in [0.2, 0.25) is 5.15 Å². The van der Waals surface area contributed by atoms with Crippen molar-refractivity contribution in [3.8, 4) is 11.3 Å². The summed E-state index contributed by atoms with van der Waals surface area (Å²) in [5.74, 6) is 0. The summed E-state index contributed by atoms with van der Waals surface area (Å²) in [4.78, 5) is 0. The highest BCUT2D eigenvalue weighted by Gasteiger charge is 2.09. The molecular formula is C17H15ClN2. The predicted octanol–water partition coefficient (Wildman–Crippen LogP) is 4.94. The first-order valence-corrected chi connectivity index (χ1v) is 6.68. The number of rotatable bonds is 4. The van der Waals surface area contributed by atoms with Crippen molar-refractivity contribution in [2.45, 2.75) is 6.92 Å². The van der Waals surface area contributed by atoms with E-state index in [0.717, 1.165) is 22.4 Å². The van der Waals surface area contributed by atoms with E-state index in [9.17, 15) is 0 Å². The molecule has 1 heterocycles. The molecule has 0 N–H and O–H groups in total. The van der Waals surface area contributed by atoms with Gasteiger partial charge in [-0.25, -0.2) is 0 Å². The smallest absolute Gasteiger partial charge is 0.149 e. The van der Waals surface area contributed by atoms with Crippen molar-refractivity contribution < 1.29 is 0 Å². The minimum absolute atomic E-state index is 0.395. The molecule has 0 aliphatic rings. The van der Waals surface area contributed by atoms with Gasteiger partial charge >= 0.3 is 0 Å². The average molecular weight is 283 g/mol. The highest BCUT2D eigenvalue weighted by Crippen LogP contribution is 2.26. The Morgan fingerprint density at radius 1 is 1.20 bits per heavy atom. The molecule has 0 aliphatic heterocycles. The molecule has 1 aromatic heterocycles. The van der Waals surface area contributed by atoms with Gasteiger partial charge in [0.2, 0.25) is 0 Å². The number of hydrogen-bond acceptors (Lipinski definition) is 2. The third-order valence-corrected chi connectivity index (χ3v) is 3.13. The molecule has 0 amide bonds. The van der Waals surface area contributed by atoms with Gasteiger partial charge in [0.1, 0.15) is 0 Å². The van der Waals surface area contributed by atoms with E-state index in [4.69, 9.17) is 11.6 Å². The molecule has 0 radical (unpaired) electrons. The van der Waals surface area contributed by atoms with Gasteiger partial charge in [0.25, 0.3) is 0 Å². The van der Waals surface area contributed by atoms with E-state index in [1.54, 1.807) is 6.08 Å². The Morgan fingerprint density at radius 2 is 1.95 bits per heavy atom. The van der Waals surface area contributed by atoms with Crippen molar-refractivity contribution in [1.82, 2.24) is 10.2 Å². The minimum Gasteiger partial charge on any atom is -0.149 e. The molecule has 0 fully saturated rings. The molecule has 1 aromatic carbocycles. The van der Waals surface area contributed by atoms with Crippen molar-refractivity contribution in [2.24, 2.45) is 0 Å². The van der Waals surface area contributed by atoms with Gasteiger partial charge in [0, 0.05) is 11.1 Å². The summed E-state index contributed by atoms with van der Waals surface area (Å²) in [6.07, 6.45) is 7.53. The molecule has 0 atom stereocenters. The zero-order valence-corrected chi connectivity index (χ0v) is 12.0. The topological polar surface area (TPSA) is 25.8 Å². The molecule has 0 unspecified atom stereocenters. The summed E-state index contributed by atoms with van der Waals surface area (Å²) in [5, 5.41) is 8.59. The van der Waals surface area contributed by atoms with Crippen LogP contribution in [0.1, 0.15) is 12.5 Å². The molecule has 2 nitrogen and oxygen atoms in total. The molecule has 0 spiro atoms. The summed E-state index contributed by atoms with van der Waals surface area (Å²) in [6.45, 7) is 5.63. The third kappa shape index (κ3) is 3.22. The largest absolute Gasteiger partial charge is 0.159 e. The van der Waals surface area contributed by atoms with E-state index in [1.165, 1.54) is 0 Å². The fourth-order valence-corrected chi connectivity index (χ4v) is 2.04. The maximum atomic E-state index is 6.16. The van der Waals surface area contributed by atoms with Gasteiger partial charge in [0.15, 0.2) is 5.15 Å². The summed E-state index contributed by atoms with van der Waals surface area (Å²) in [5.41, 5.74) is 3.67. The first-order chi connectivity index (χ1) is 9.76. The standard InChI is InChI=1S/C17H15ClN2/c1-3-5-9-13(4-2)15-12-16(19-20-17(15)18)14-10-7-6-8-11-14/h3-12H,1H2,2H3/b9-5-,13-4+. The van der Waals surface area contributed by atoms with Gasteiger partial charge in [-0.1, -0.05) is 72.8 Å². The lowest BCUT2D eigenvalue weighted by molar-refractivity contribution is 1.03. The lowest BCUT2D eigenvalue weighted by atomic mass is 10.0. The van der Waals surface area contributed by atoms with Crippen molar-refractivity contribution in [3.63, 3.8) is 0 Å². The number of benzene rings is 1. The Bertz CT molecular complexity index is 658. The monoisotopic (exact) mass is 282 g/mol. The van der Waals surface area contributed by atoms with Gasteiger partial charge in [-0.3, -0.25) is 0 Å². The predicted molar refractivity (Wildman–Crippen MR) is 85.5 cm³/mol. The molecular weight excluding hydrogens is 268 g/mol. The lowest BCUT2D eigenvalue weighted by Crippen LogP contribution is -1.93. The van der Waals surface area contributed by atoms with Gasteiger partial charge in [-0.2, -0.15) is 0 Å². The van der Waals surface area contributed by atoms with Crippen LogP contribution in [-0.4, -0.2) is 10.2 Å². The first-order valence-electron chi connectivity index (χ1n) is 6.30. The van der Waals surface area contributed by atoms with E-state index in [0.29, 0.717) is 5.15 Å². The summed E-state index contributed by atoms with van der Waals surface area (Å²) in [6, 6.07) is 11.9. The Kier molecular flexibility index (Phi) is 4.85. The Labute approximate surface area is 124 Å². The zero-order valence-electron chi connectivity index (χ0n) is 11.3.